The molecular weight excluding hydrogens is 152 g/mol. The minimum Gasteiger partial charge on any atom is -0.327 e. The van der Waals surface area contributed by atoms with E-state index in [0.29, 0.717) is 30.3 Å². The van der Waals surface area contributed by atoms with Crippen LogP contribution in [-0.4, -0.2) is 35.9 Å². The lowest BCUT2D eigenvalue weighted by atomic mass is 9.81. The third kappa shape index (κ3) is 1.27. The molecule has 0 radical (unpaired) electrons. The first-order chi connectivity index (χ1) is 5.66. The van der Waals surface area contributed by atoms with Crippen molar-refractivity contribution in [3.05, 3.63) is 0 Å². The van der Waals surface area contributed by atoms with Crippen molar-refractivity contribution in [2.45, 2.75) is 31.8 Å². The maximum absolute atomic E-state index is 11.2. The average Bonchev–Trinajstić information content (AvgIpc) is 1.94. The monoisotopic (exact) mass is 168 g/mol. The van der Waals surface area contributed by atoms with E-state index in [2.05, 4.69) is 11.8 Å². The molecular formula is C9H16N2O. The van der Waals surface area contributed by atoms with Gasteiger partial charge in [-0.2, -0.15) is 0 Å². The quantitative estimate of drug-likeness (QED) is 0.553. The molecule has 0 aliphatic carbocycles. The Kier molecular flexibility index (Phi) is 1.93. The van der Waals surface area contributed by atoms with Crippen LogP contribution in [0.25, 0.3) is 0 Å². The molecule has 3 heteroatoms. The molecule has 0 aromatic heterocycles. The summed E-state index contributed by atoms with van der Waals surface area (Å²) in [6.07, 6.45) is 1.79. The van der Waals surface area contributed by atoms with Gasteiger partial charge >= 0.3 is 0 Å². The van der Waals surface area contributed by atoms with Gasteiger partial charge in [-0.15, -0.1) is 0 Å². The predicted molar refractivity (Wildman–Crippen MR) is 46.7 cm³/mol. The minimum absolute atomic E-state index is 0.291. The number of fused-ring (bicyclic) bond motifs is 2. The van der Waals surface area contributed by atoms with Crippen molar-refractivity contribution in [3.63, 3.8) is 0 Å². The lowest BCUT2D eigenvalue weighted by Gasteiger charge is -2.45. The van der Waals surface area contributed by atoms with E-state index in [0.717, 1.165) is 19.4 Å². The van der Waals surface area contributed by atoms with Gasteiger partial charge in [-0.3, -0.25) is 9.69 Å². The largest absolute Gasteiger partial charge is 0.327 e. The normalized spacial score (nSPS) is 47.7. The van der Waals surface area contributed by atoms with Crippen molar-refractivity contribution < 1.29 is 4.79 Å². The van der Waals surface area contributed by atoms with Gasteiger partial charge in [0.05, 0.1) is 6.54 Å². The predicted octanol–water partition coefficient (Wildman–Crippen LogP) is -0.00310. The van der Waals surface area contributed by atoms with Crippen LogP contribution in [0.5, 0.6) is 0 Å². The second-order valence-electron chi connectivity index (χ2n) is 4.17. The van der Waals surface area contributed by atoms with Crippen molar-refractivity contribution in [1.29, 1.82) is 0 Å². The first-order valence-electron chi connectivity index (χ1n) is 4.68. The molecule has 12 heavy (non-hydrogen) atoms. The first kappa shape index (κ1) is 8.20. The van der Waals surface area contributed by atoms with E-state index in [1.54, 1.807) is 0 Å². The van der Waals surface area contributed by atoms with Crippen LogP contribution in [-0.2, 0) is 4.79 Å². The Hall–Kier alpha value is -0.410. The molecule has 0 saturated carbocycles. The molecule has 2 bridgehead atoms. The summed E-state index contributed by atoms with van der Waals surface area (Å²) in [5.74, 6) is 0.917. The van der Waals surface area contributed by atoms with Crippen LogP contribution in [0.15, 0.2) is 0 Å². The van der Waals surface area contributed by atoms with Crippen molar-refractivity contribution >= 4 is 5.78 Å². The average molecular weight is 168 g/mol. The van der Waals surface area contributed by atoms with Gasteiger partial charge in [0.15, 0.2) is 0 Å². The summed E-state index contributed by atoms with van der Waals surface area (Å²) in [6.45, 7) is 3.75. The van der Waals surface area contributed by atoms with Crippen molar-refractivity contribution in [2.24, 2.45) is 11.7 Å². The molecule has 2 fully saturated rings. The van der Waals surface area contributed by atoms with Crippen LogP contribution in [0.4, 0.5) is 0 Å². The topological polar surface area (TPSA) is 46.3 Å². The number of hydrogen-bond acceptors (Lipinski definition) is 3. The third-order valence-corrected chi connectivity index (χ3v) is 3.20. The van der Waals surface area contributed by atoms with Gasteiger partial charge < -0.3 is 5.73 Å². The molecule has 68 valence electrons. The number of rotatable bonds is 0. The molecule has 2 heterocycles. The molecule has 0 aromatic carbocycles. The van der Waals surface area contributed by atoms with Crippen LogP contribution >= 0.6 is 0 Å². The molecule has 4 atom stereocenters. The van der Waals surface area contributed by atoms with Gasteiger partial charge in [-0.25, -0.2) is 0 Å². The number of piperidine rings is 2. The van der Waals surface area contributed by atoms with Crippen LogP contribution in [0.1, 0.15) is 19.8 Å². The fourth-order valence-electron chi connectivity index (χ4n) is 2.47. The number of nitrogens with zero attached hydrogens (tertiary/aromatic N) is 1. The highest BCUT2D eigenvalue weighted by molar-refractivity contribution is 5.81. The number of carbonyl (C=O) groups is 1. The number of ketones is 1. The Morgan fingerprint density at radius 1 is 1.58 bits per heavy atom. The number of carbonyl (C=O) groups excluding carboxylic acids is 1. The summed E-state index contributed by atoms with van der Waals surface area (Å²) < 4.78 is 0. The highest BCUT2D eigenvalue weighted by Gasteiger charge is 2.37. The van der Waals surface area contributed by atoms with Gasteiger partial charge in [0, 0.05) is 25.0 Å². The zero-order valence-corrected chi connectivity index (χ0v) is 7.49. The van der Waals surface area contributed by atoms with E-state index in [-0.39, 0.29) is 0 Å². The SMILES string of the molecule is CC1C2CC(=O)CN1CC(N)C2. The van der Waals surface area contributed by atoms with Gasteiger partial charge in [-0.1, -0.05) is 0 Å². The summed E-state index contributed by atoms with van der Waals surface area (Å²) in [5.41, 5.74) is 5.88. The first-order valence-corrected chi connectivity index (χ1v) is 4.68. The summed E-state index contributed by atoms with van der Waals surface area (Å²) in [5, 5.41) is 0. The molecule has 2 aliphatic heterocycles. The summed E-state index contributed by atoms with van der Waals surface area (Å²) in [6, 6.07) is 0.863. The number of hydrogen-bond donors (Lipinski definition) is 1. The Morgan fingerprint density at radius 2 is 2.33 bits per heavy atom. The van der Waals surface area contributed by atoms with E-state index in [4.69, 9.17) is 5.73 Å². The van der Waals surface area contributed by atoms with Crippen LogP contribution in [0.2, 0.25) is 0 Å². The zero-order chi connectivity index (χ0) is 8.72. The van der Waals surface area contributed by atoms with Gasteiger partial charge in [0.2, 0.25) is 0 Å². The molecule has 2 saturated heterocycles. The fourth-order valence-corrected chi connectivity index (χ4v) is 2.47. The van der Waals surface area contributed by atoms with Crippen LogP contribution in [0.3, 0.4) is 0 Å². The van der Waals surface area contributed by atoms with E-state index in [1.807, 2.05) is 0 Å². The van der Waals surface area contributed by atoms with E-state index in [9.17, 15) is 4.79 Å². The minimum atomic E-state index is 0.291. The molecule has 3 nitrogen and oxygen atoms in total. The number of nitrogens with two attached hydrogens (primary N) is 1. The summed E-state index contributed by atoms with van der Waals surface area (Å²) in [7, 11) is 0. The molecule has 4 unspecified atom stereocenters. The second kappa shape index (κ2) is 2.82. The molecule has 0 aromatic rings. The molecule has 2 rings (SSSR count). The Labute approximate surface area is 72.9 Å². The standard InChI is InChI=1S/C9H16N2O/c1-6-7-2-8(10)4-11(6)5-9(12)3-7/h6-8H,2-5,10H2,1H3. The maximum atomic E-state index is 11.2. The maximum Gasteiger partial charge on any atom is 0.147 e. The highest BCUT2D eigenvalue weighted by atomic mass is 16.1. The molecule has 0 spiro atoms. The Bertz CT molecular complexity index is 187. The van der Waals surface area contributed by atoms with E-state index in [1.165, 1.54) is 0 Å². The molecule has 2 aliphatic rings. The summed E-state index contributed by atoms with van der Waals surface area (Å²) in [4.78, 5) is 13.5. The van der Waals surface area contributed by atoms with Crippen LogP contribution in [0, 0.1) is 5.92 Å². The molecule has 2 N–H and O–H groups in total. The Morgan fingerprint density at radius 3 is 3.00 bits per heavy atom. The smallest absolute Gasteiger partial charge is 0.147 e. The van der Waals surface area contributed by atoms with Gasteiger partial charge in [0.1, 0.15) is 5.78 Å². The number of Topliss-reactive ketones (excluding diaryl/α,β-unsaturated/α-hetero) is 1. The van der Waals surface area contributed by atoms with Gasteiger partial charge in [0.25, 0.3) is 0 Å². The third-order valence-electron chi connectivity index (χ3n) is 3.20. The lowest BCUT2D eigenvalue weighted by molar-refractivity contribution is -0.127. The Balaban J connectivity index is 2.13. The van der Waals surface area contributed by atoms with Gasteiger partial charge in [-0.05, 0) is 19.3 Å². The van der Waals surface area contributed by atoms with Crippen LogP contribution < -0.4 is 5.73 Å². The fraction of sp³-hybridized carbons (Fsp3) is 0.889. The highest BCUT2D eigenvalue weighted by Crippen LogP contribution is 2.29. The van der Waals surface area contributed by atoms with Crippen molar-refractivity contribution in [3.8, 4) is 0 Å². The van der Waals surface area contributed by atoms with Crippen molar-refractivity contribution in [2.75, 3.05) is 13.1 Å². The molecule has 0 amide bonds. The second-order valence-corrected chi connectivity index (χ2v) is 4.17. The zero-order valence-electron chi connectivity index (χ0n) is 7.49. The summed E-state index contributed by atoms with van der Waals surface area (Å²) >= 11 is 0. The lowest BCUT2D eigenvalue weighted by Crippen LogP contribution is -2.57. The van der Waals surface area contributed by atoms with Crippen molar-refractivity contribution in [1.82, 2.24) is 4.90 Å². The van der Waals surface area contributed by atoms with E-state index >= 15 is 0 Å². The van der Waals surface area contributed by atoms with E-state index < -0.39 is 0 Å².